The number of benzene rings is 2. The Bertz CT molecular complexity index is 671. The first-order valence-electron chi connectivity index (χ1n) is 6.98. The van der Waals surface area contributed by atoms with E-state index in [1.165, 1.54) is 0 Å². The molecule has 114 valence electrons. The second-order valence-corrected chi connectivity index (χ2v) is 5.83. The van der Waals surface area contributed by atoms with E-state index in [4.69, 9.17) is 0 Å². The van der Waals surface area contributed by atoms with Crippen molar-refractivity contribution in [2.45, 2.75) is 19.9 Å². The Morgan fingerprint density at radius 1 is 1.14 bits per heavy atom. The van der Waals surface area contributed by atoms with Gasteiger partial charge in [0, 0.05) is 10.2 Å². The molecule has 2 N–H and O–H groups in total. The molecule has 1 atom stereocenters. The number of amides is 1. The molecule has 0 bridgehead atoms. The Morgan fingerprint density at radius 2 is 1.86 bits per heavy atom. The average molecular weight is 360 g/mol. The lowest BCUT2D eigenvalue weighted by molar-refractivity contribution is -0.121. The second-order valence-electron chi connectivity index (χ2n) is 4.92. The SMILES string of the molecule is C/C(=N/NC(=O)[C@H](C)Nc1cccc(Br)c1)c1ccccc1. The van der Waals surface area contributed by atoms with Crippen molar-refractivity contribution in [2.24, 2.45) is 5.10 Å². The van der Waals surface area contributed by atoms with Gasteiger partial charge in [-0.1, -0.05) is 52.3 Å². The van der Waals surface area contributed by atoms with Crippen LogP contribution in [0.2, 0.25) is 0 Å². The van der Waals surface area contributed by atoms with Crippen molar-refractivity contribution in [1.29, 1.82) is 0 Å². The van der Waals surface area contributed by atoms with E-state index in [0.717, 1.165) is 21.4 Å². The summed E-state index contributed by atoms with van der Waals surface area (Å²) in [5, 5.41) is 7.28. The normalized spacial score (nSPS) is 12.6. The summed E-state index contributed by atoms with van der Waals surface area (Å²) in [7, 11) is 0. The number of carbonyl (C=O) groups excluding carboxylic acids is 1. The molecule has 0 aliphatic carbocycles. The lowest BCUT2D eigenvalue weighted by Gasteiger charge is -2.14. The van der Waals surface area contributed by atoms with Crippen LogP contribution in [0.5, 0.6) is 0 Å². The highest BCUT2D eigenvalue weighted by Gasteiger charge is 2.12. The van der Waals surface area contributed by atoms with Crippen molar-refractivity contribution in [2.75, 3.05) is 5.32 Å². The lowest BCUT2D eigenvalue weighted by atomic mass is 10.1. The van der Waals surface area contributed by atoms with E-state index in [1.807, 2.05) is 61.5 Å². The zero-order chi connectivity index (χ0) is 15.9. The van der Waals surface area contributed by atoms with Crippen LogP contribution < -0.4 is 10.7 Å². The summed E-state index contributed by atoms with van der Waals surface area (Å²) < 4.78 is 0.961. The van der Waals surface area contributed by atoms with Crippen LogP contribution >= 0.6 is 15.9 Å². The van der Waals surface area contributed by atoms with Gasteiger partial charge in [0.2, 0.25) is 0 Å². The van der Waals surface area contributed by atoms with Crippen LogP contribution in [-0.2, 0) is 4.79 Å². The van der Waals surface area contributed by atoms with Crippen LogP contribution in [0.3, 0.4) is 0 Å². The number of hydrogen-bond donors (Lipinski definition) is 2. The van der Waals surface area contributed by atoms with E-state index < -0.39 is 0 Å². The third-order valence-electron chi connectivity index (χ3n) is 3.13. The highest BCUT2D eigenvalue weighted by Crippen LogP contribution is 2.16. The maximum atomic E-state index is 12.1. The number of hydrogen-bond acceptors (Lipinski definition) is 3. The molecular weight excluding hydrogens is 342 g/mol. The molecular formula is C17H18BrN3O. The largest absolute Gasteiger partial charge is 0.374 e. The molecule has 0 unspecified atom stereocenters. The smallest absolute Gasteiger partial charge is 0.262 e. The second kappa shape index (κ2) is 7.75. The summed E-state index contributed by atoms with van der Waals surface area (Å²) in [5.41, 5.74) is 5.22. The maximum Gasteiger partial charge on any atom is 0.262 e. The molecule has 0 fully saturated rings. The van der Waals surface area contributed by atoms with Gasteiger partial charge >= 0.3 is 0 Å². The van der Waals surface area contributed by atoms with Gasteiger partial charge in [0.1, 0.15) is 6.04 Å². The van der Waals surface area contributed by atoms with E-state index in [9.17, 15) is 4.79 Å². The number of hydrazone groups is 1. The summed E-state index contributed by atoms with van der Waals surface area (Å²) in [4.78, 5) is 12.1. The molecule has 0 spiro atoms. The van der Waals surface area contributed by atoms with Crippen molar-refractivity contribution >= 4 is 33.2 Å². The molecule has 22 heavy (non-hydrogen) atoms. The third kappa shape index (κ3) is 4.70. The monoisotopic (exact) mass is 359 g/mol. The number of rotatable bonds is 5. The predicted molar refractivity (Wildman–Crippen MR) is 94.0 cm³/mol. The van der Waals surface area contributed by atoms with Crippen molar-refractivity contribution in [1.82, 2.24) is 5.43 Å². The molecule has 0 aromatic heterocycles. The van der Waals surface area contributed by atoms with E-state index >= 15 is 0 Å². The van der Waals surface area contributed by atoms with Crippen molar-refractivity contribution < 1.29 is 4.79 Å². The Hall–Kier alpha value is -2.14. The highest BCUT2D eigenvalue weighted by atomic mass is 79.9. The van der Waals surface area contributed by atoms with Crippen molar-refractivity contribution in [3.05, 3.63) is 64.6 Å². The van der Waals surface area contributed by atoms with E-state index in [-0.39, 0.29) is 11.9 Å². The first-order valence-corrected chi connectivity index (χ1v) is 7.77. The molecule has 5 heteroatoms. The summed E-state index contributed by atoms with van der Waals surface area (Å²) >= 11 is 3.40. The molecule has 0 aliphatic heterocycles. The topological polar surface area (TPSA) is 53.5 Å². The van der Waals surface area contributed by atoms with Crippen molar-refractivity contribution in [3.8, 4) is 0 Å². The predicted octanol–water partition coefficient (Wildman–Crippen LogP) is 3.79. The van der Waals surface area contributed by atoms with Crippen LogP contribution in [0.25, 0.3) is 0 Å². The van der Waals surface area contributed by atoms with Crippen LogP contribution in [0.1, 0.15) is 19.4 Å². The first-order chi connectivity index (χ1) is 10.6. The van der Waals surface area contributed by atoms with Gasteiger partial charge in [-0.15, -0.1) is 0 Å². The summed E-state index contributed by atoms with van der Waals surface area (Å²) in [6.45, 7) is 3.66. The van der Waals surface area contributed by atoms with Crippen LogP contribution in [0.4, 0.5) is 5.69 Å². The number of halogens is 1. The minimum atomic E-state index is -0.387. The van der Waals surface area contributed by atoms with Crippen LogP contribution in [0.15, 0.2) is 64.2 Å². The molecule has 1 amide bonds. The van der Waals surface area contributed by atoms with Gasteiger partial charge in [-0.05, 0) is 37.6 Å². The molecule has 2 aromatic rings. The fraction of sp³-hybridized carbons (Fsp3) is 0.176. The minimum absolute atomic E-state index is 0.185. The zero-order valence-corrected chi connectivity index (χ0v) is 14.1. The zero-order valence-electron chi connectivity index (χ0n) is 12.5. The fourth-order valence-corrected chi connectivity index (χ4v) is 2.27. The third-order valence-corrected chi connectivity index (χ3v) is 3.62. The molecule has 0 saturated carbocycles. The molecule has 0 heterocycles. The quantitative estimate of drug-likeness (QED) is 0.630. The molecule has 4 nitrogen and oxygen atoms in total. The highest BCUT2D eigenvalue weighted by molar-refractivity contribution is 9.10. The lowest BCUT2D eigenvalue weighted by Crippen LogP contribution is -2.35. The van der Waals surface area contributed by atoms with Gasteiger partial charge in [0.25, 0.3) is 5.91 Å². The minimum Gasteiger partial charge on any atom is -0.374 e. The number of nitrogens with one attached hydrogen (secondary N) is 2. The van der Waals surface area contributed by atoms with E-state index in [1.54, 1.807) is 6.92 Å². The maximum absolute atomic E-state index is 12.1. The molecule has 2 rings (SSSR count). The van der Waals surface area contributed by atoms with Crippen LogP contribution in [-0.4, -0.2) is 17.7 Å². The number of anilines is 1. The van der Waals surface area contributed by atoms with Gasteiger partial charge in [0.15, 0.2) is 0 Å². The van der Waals surface area contributed by atoms with Gasteiger partial charge in [-0.2, -0.15) is 5.10 Å². The van der Waals surface area contributed by atoms with Gasteiger partial charge in [0.05, 0.1) is 5.71 Å². The first kappa shape index (κ1) is 16.2. The summed E-state index contributed by atoms with van der Waals surface area (Å²) in [6, 6.07) is 17.0. The van der Waals surface area contributed by atoms with Crippen molar-refractivity contribution in [3.63, 3.8) is 0 Å². The fourth-order valence-electron chi connectivity index (χ4n) is 1.87. The average Bonchev–Trinajstić information content (AvgIpc) is 2.53. The number of carbonyl (C=O) groups is 1. The Labute approximate surface area is 138 Å². The molecule has 0 radical (unpaired) electrons. The number of nitrogens with zero attached hydrogens (tertiary/aromatic N) is 1. The van der Waals surface area contributed by atoms with Crippen LogP contribution in [0, 0.1) is 0 Å². The molecule has 2 aromatic carbocycles. The standard InChI is InChI=1S/C17H18BrN3O/c1-12(14-7-4-3-5-8-14)20-21-17(22)13(2)19-16-10-6-9-15(18)11-16/h3-11,13,19H,1-2H3,(H,21,22)/b20-12-/t13-/m0/s1. The van der Waals surface area contributed by atoms with E-state index in [0.29, 0.717) is 0 Å². The Balaban J connectivity index is 1.94. The summed E-state index contributed by atoms with van der Waals surface area (Å²) in [5.74, 6) is -0.185. The molecule has 0 aliphatic rings. The van der Waals surface area contributed by atoms with Gasteiger partial charge in [-0.25, -0.2) is 5.43 Å². The van der Waals surface area contributed by atoms with Gasteiger partial charge in [-0.3, -0.25) is 4.79 Å². The van der Waals surface area contributed by atoms with Gasteiger partial charge < -0.3 is 5.32 Å². The Kier molecular flexibility index (Phi) is 5.72. The summed E-state index contributed by atoms with van der Waals surface area (Å²) in [6.07, 6.45) is 0. The molecule has 0 saturated heterocycles. The van der Waals surface area contributed by atoms with E-state index in [2.05, 4.69) is 31.8 Å². The Morgan fingerprint density at radius 3 is 2.55 bits per heavy atom.